The van der Waals surface area contributed by atoms with Gasteiger partial charge in [-0.15, -0.1) is 0 Å². The van der Waals surface area contributed by atoms with Gasteiger partial charge in [0.05, 0.1) is 0 Å². The summed E-state index contributed by atoms with van der Waals surface area (Å²) in [6.07, 6.45) is -9.23. The van der Waals surface area contributed by atoms with Crippen LogP contribution in [-0.2, 0) is 18.7 Å². The minimum absolute atomic E-state index is 0.104. The SMILES string of the molecule is CCCc1ccc(C(F)(F)Oc2ccc(-c3cc(F)c(C(F)(F)F)c(F)c3)c(F)c2)c(F)c1F. The maximum Gasteiger partial charge on any atom is 0.429 e. The monoisotopic (exact) mass is 496 g/mol. The van der Waals surface area contributed by atoms with Crippen LogP contribution in [0.15, 0.2) is 42.5 Å². The molecule has 0 spiro atoms. The predicted molar refractivity (Wildman–Crippen MR) is 102 cm³/mol. The number of alkyl halides is 5. The maximum atomic E-state index is 14.5. The van der Waals surface area contributed by atoms with E-state index in [1.54, 1.807) is 6.92 Å². The lowest BCUT2D eigenvalue weighted by Crippen LogP contribution is -2.24. The van der Waals surface area contributed by atoms with Crippen molar-refractivity contribution in [2.24, 2.45) is 0 Å². The second-order valence-electron chi connectivity index (χ2n) is 7.22. The molecule has 0 bridgehead atoms. The van der Waals surface area contributed by atoms with Crippen LogP contribution in [0.5, 0.6) is 5.75 Å². The van der Waals surface area contributed by atoms with Gasteiger partial charge in [0.15, 0.2) is 11.6 Å². The number of aryl methyl sites for hydroxylation is 1. The third-order valence-corrected chi connectivity index (χ3v) is 4.82. The second-order valence-corrected chi connectivity index (χ2v) is 7.22. The maximum absolute atomic E-state index is 14.5. The van der Waals surface area contributed by atoms with E-state index in [4.69, 9.17) is 0 Å². The minimum atomic E-state index is -5.34. The molecule has 3 rings (SSSR count). The normalized spacial score (nSPS) is 12.2. The minimum Gasteiger partial charge on any atom is -0.429 e. The van der Waals surface area contributed by atoms with Crippen LogP contribution < -0.4 is 4.74 Å². The Morgan fingerprint density at radius 2 is 1.35 bits per heavy atom. The Labute approximate surface area is 186 Å². The molecular weight excluding hydrogens is 482 g/mol. The molecule has 0 N–H and O–H groups in total. The Morgan fingerprint density at radius 1 is 0.735 bits per heavy atom. The average molecular weight is 496 g/mol. The summed E-state index contributed by atoms with van der Waals surface area (Å²) in [4.78, 5) is 0. The summed E-state index contributed by atoms with van der Waals surface area (Å²) in [5, 5.41) is 0. The van der Waals surface area contributed by atoms with Crippen molar-refractivity contribution in [2.75, 3.05) is 0 Å². The predicted octanol–water partition coefficient (Wildman–Crippen LogP) is 8.15. The molecule has 182 valence electrons. The molecule has 0 saturated carbocycles. The number of halogens is 10. The van der Waals surface area contributed by atoms with Gasteiger partial charge in [0.25, 0.3) is 0 Å². The highest BCUT2D eigenvalue weighted by atomic mass is 19.4. The van der Waals surface area contributed by atoms with E-state index in [-0.39, 0.29) is 24.1 Å². The molecule has 0 saturated heterocycles. The number of benzene rings is 3. The smallest absolute Gasteiger partial charge is 0.429 e. The summed E-state index contributed by atoms with van der Waals surface area (Å²) in [6.45, 7) is 1.68. The average Bonchev–Trinajstić information content (AvgIpc) is 2.69. The summed E-state index contributed by atoms with van der Waals surface area (Å²) in [7, 11) is 0. The third-order valence-electron chi connectivity index (χ3n) is 4.82. The molecule has 0 atom stereocenters. The van der Waals surface area contributed by atoms with Crippen LogP contribution >= 0.6 is 0 Å². The first-order valence-corrected chi connectivity index (χ1v) is 9.66. The summed E-state index contributed by atoms with van der Waals surface area (Å²) < 4.78 is 142. The van der Waals surface area contributed by atoms with Gasteiger partial charge in [0, 0.05) is 11.6 Å². The molecule has 11 heteroatoms. The first-order chi connectivity index (χ1) is 15.8. The summed E-state index contributed by atoms with van der Waals surface area (Å²) in [5.74, 6) is -9.57. The van der Waals surface area contributed by atoms with Crippen LogP contribution in [-0.4, -0.2) is 0 Å². The Hall–Kier alpha value is -3.24. The van der Waals surface area contributed by atoms with E-state index < -0.39 is 69.4 Å². The van der Waals surface area contributed by atoms with Gasteiger partial charge in [-0.1, -0.05) is 19.4 Å². The molecule has 0 aromatic heterocycles. The van der Waals surface area contributed by atoms with Crippen molar-refractivity contribution in [3.8, 4) is 16.9 Å². The molecule has 3 aromatic rings. The molecule has 0 amide bonds. The molecule has 3 aromatic carbocycles. The molecule has 0 heterocycles. The zero-order chi connectivity index (χ0) is 25.4. The van der Waals surface area contributed by atoms with Crippen molar-refractivity contribution in [3.63, 3.8) is 0 Å². The molecule has 1 nitrogen and oxygen atoms in total. The van der Waals surface area contributed by atoms with Gasteiger partial charge >= 0.3 is 12.3 Å². The number of hydrogen-bond acceptors (Lipinski definition) is 1. The number of rotatable bonds is 6. The third kappa shape index (κ3) is 4.97. The largest absolute Gasteiger partial charge is 0.429 e. The molecule has 0 radical (unpaired) electrons. The van der Waals surface area contributed by atoms with Crippen LogP contribution in [0.3, 0.4) is 0 Å². The van der Waals surface area contributed by atoms with E-state index in [1.165, 1.54) is 0 Å². The van der Waals surface area contributed by atoms with Crippen molar-refractivity contribution >= 4 is 0 Å². The van der Waals surface area contributed by atoms with Crippen LogP contribution in [0, 0.1) is 29.1 Å². The second kappa shape index (κ2) is 9.19. The lowest BCUT2D eigenvalue weighted by Gasteiger charge is -2.20. The highest BCUT2D eigenvalue weighted by molar-refractivity contribution is 5.66. The summed E-state index contributed by atoms with van der Waals surface area (Å²) in [6, 6.07) is 3.86. The highest BCUT2D eigenvalue weighted by Gasteiger charge is 2.40. The van der Waals surface area contributed by atoms with Gasteiger partial charge < -0.3 is 4.74 Å². The van der Waals surface area contributed by atoms with E-state index in [2.05, 4.69) is 4.74 Å². The van der Waals surface area contributed by atoms with Crippen molar-refractivity contribution in [2.45, 2.75) is 32.1 Å². The Kier molecular flexibility index (Phi) is 6.86. The topological polar surface area (TPSA) is 9.23 Å². The van der Waals surface area contributed by atoms with Gasteiger partial charge in [0.2, 0.25) is 0 Å². The lowest BCUT2D eigenvalue weighted by molar-refractivity contribution is -0.187. The summed E-state index contributed by atoms with van der Waals surface area (Å²) in [5.41, 5.74) is -5.00. The Balaban J connectivity index is 1.92. The van der Waals surface area contributed by atoms with E-state index in [9.17, 15) is 43.9 Å². The van der Waals surface area contributed by atoms with E-state index in [1.807, 2.05) is 0 Å². The Morgan fingerprint density at radius 3 is 1.88 bits per heavy atom. The van der Waals surface area contributed by atoms with Gasteiger partial charge in [-0.05, 0) is 47.9 Å². The number of hydrogen-bond donors (Lipinski definition) is 0. The van der Waals surface area contributed by atoms with Crippen molar-refractivity contribution in [1.82, 2.24) is 0 Å². The van der Waals surface area contributed by atoms with Gasteiger partial charge in [-0.25, -0.2) is 22.0 Å². The molecule has 0 fully saturated rings. The Bertz CT molecular complexity index is 1190. The van der Waals surface area contributed by atoms with Gasteiger partial charge in [-0.2, -0.15) is 22.0 Å². The fraction of sp³-hybridized carbons (Fsp3) is 0.217. The van der Waals surface area contributed by atoms with E-state index >= 15 is 0 Å². The van der Waals surface area contributed by atoms with Crippen LogP contribution in [0.25, 0.3) is 11.1 Å². The van der Waals surface area contributed by atoms with Crippen molar-refractivity contribution < 1.29 is 48.6 Å². The molecule has 0 unspecified atom stereocenters. The lowest BCUT2D eigenvalue weighted by atomic mass is 10.0. The highest BCUT2D eigenvalue weighted by Crippen LogP contribution is 2.38. The van der Waals surface area contributed by atoms with E-state index in [0.29, 0.717) is 18.6 Å². The standard InChI is InChI=1S/C23H14F10O/c1-2-3-11-4-7-15(21(28)20(11)27)23(32,33)34-13-5-6-14(16(24)10-13)12-8-17(25)19(18(26)9-12)22(29,30)31/h4-10H,2-3H2,1H3. The van der Waals surface area contributed by atoms with Crippen molar-refractivity contribution in [1.29, 1.82) is 0 Å². The molecular formula is C23H14F10O. The quantitative estimate of drug-likeness (QED) is 0.313. The summed E-state index contributed by atoms with van der Waals surface area (Å²) >= 11 is 0. The molecule has 0 aliphatic rings. The molecule has 0 aliphatic carbocycles. The van der Waals surface area contributed by atoms with Gasteiger partial charge in [0.1, 0.15) is 34.3 Å². The van der Waals surface area contributed by atoms with E-state index in [0.717, 1.165) is 18.2 Å². The van der Waals surface area contributed by atoms with Gasteiger partial charge in [-0.3, -0.25) is 0 Å². The van der Waals surface area contributed by atoms with Crippen LogP contribution in [0.2, 0.25) is 0 Å². The van der Waals surface area contributed by atoms with Crippen molar-refractivity contribution in [3.05, 3.63) is 88.2 Å². The zero-order valence-electron chi connectivity index (χ0n) is 17.1. The molecule has 0 aliphatic heterocycles. The number of ether oxygens (including phenoxy) is 1. The zero-order valence-corrected chi connectivity index (χ0v) is 17.1. The first kappa shape index (κ1) is 25.4. The fourth-order valence-corrected chi connectivity index (χ4v) is 3.27. The van der Waals surface area contributed by atoms with Crippen LogP contribution in [0.4, 0.5) is 43.9 Å². The molecule has 34 heavy (non-hydrogen) atoms. The van der Waals surface area contributed by atoms with Crippen LogP contribution in [0.1, 0.15) is 30.0 Å². The first-order valence-electron chi connectivity index (χ1n) is 9.66. The fourth-order valence-electron chi connectivity index (χ4n) is 3.27.